The number of hydrogen-bond acceptors (Lipinski definition) is 3. The second kappa shape index (κ2) is 3.62. The molecule has 6 heteroatoms. The third kappa shape index (κ3) is 2.22. The molecular weight excluding hydrogens is 214 g/mol. The molecule has 2 N–H and O–H groups in total. The Morgan fingerprint density at radius 2 is 2.20 bits per heavy atom. The molecule has 84 valence electrons. The first-order valence-electron chi connectivity index (χ1n) is 4.81. The Kier molecular flexibility index (Phi) is 2.57. The molecule has 15 heavy (non-hydrogen) atoms. The average molecular weight is 229 g/mol. The highest BCUT2D eigenvalue weighted by atomic mass is 32.2. The number of sulfonamides is 1. The Hall–Kier alpha value is -0.850. The third-order valence-corrected chi connectivity index (χ3v) is 4.05. The maximum atomic E-state index is 11.0. The minimum atomic E-state index is -3.34. The zero-order valence-corrected chi connectivity index (χ0v) is 9.44. The average Bonchev–Trinajstić information content (AvgIpc) is 2.40. The van der Waals surface area contributed by atoms with E-state index in [1.807, 2.05) is 29.9 Å². The molecule has 0 spiro atoms. The minimum absolute atomic E-state index is 0.377. The van der Waals surface area contributed by atoms with Crippen molar-refractivity contribution in [3.05, 3.63) is 24.0 Å². The highest BCUT2D eigenvalue weighted by molar-refractivity contribution is 7.89. The topological polar surface area (TPSA) is 68.3 Å². The van der Waals surface area contributed by atoms with Crippen molar-refractivity contribution in [3.8, 4) is 0 Å². The van der Waals surface area contributed by atoms with Gasteiger partial charge in [0, 0.05) is 38.6 Å². The fourth-order valence-corrected chi connectivity index (χ4v) is 2.59. The Labute approximate surface area is 89.5 Å². The van der Waals surface area contributed by atoms with Crippen molar-refractivity contribution >= 4 is 10.0 Å². The van der Waals surface area contributed by atoms with Crippen LogP contribution in [0.1, 0.15) is 5.69 Å². The van der Waals surface area contributed by atoms with E-state index in [9.17, 15) is 8.42 Å². The molecule has 1 saturated heterocycles. The normalized spacial score (nSPS) is 19.1. The summed E-state index contributed by atoms with van der Waals surface area (Å²) >= 11 is 0. The molecule has 0 aliphatic carbocycles. The van der Waals surface area contributed by atoms with Gasteiger partial charge >= 0.3 is 0 Å². The van der Waals surface area contributed by atoms with E-state index in [1.165, 1.54) is 5.69 Å². The molecule has 0 amide bonds. The fourth-order valence-electron chi connectivity index (χ4n) is 1.75. The molecule has 1 fully saturated rings. The second-order valence-electron chi connectivity index (χ2n) is 4.02. The van der Waals surface area contributed by atoms with Crippen molar-refractivity contribution in [2.24, 2.45) is 12.2 Å². The number of rotatable bonds is 3. The molecule has 0 atom stereocenters. The lowest BCUT2D eigenvalue weighted by Gasteiger charge is -2.37. The van der Waals surface area contributed by atoms with Gasteiger partial charge in [0.1, 0.15) is 5.25 Å². The molecule has 2 heterocycles. The molecule has 5 nitrogen and oxygen atoms in total. The number of nitrogens with zero attached hydrogens (tertiary/aromatic N) is 2. The van der Waals surface area contributed by atoms with Crippen LogP contribution in [0.15, 0.2) is 18.3 Å². The van der Waals surface area contributed by atoms with Gasteiger partial charge in [0.15, 0.2) is 0 Å². The van der Waals surface area contributed by atoms with Crippen LogP contribution in [0.2, 0.25) is 0 Å². The van der Waals surface area contributed by atoms with Gasteiger partial charge in [-0.25, -0.2) is 13.6 Å². The van der Waals surface area contributed by atoms with Crippen LogP contribution in [0.3, 0.4) is 0 Å². The number of likely N-dealkylation sites (tertiary alicyclic amines) is 1. The molecule has 0 unspecified atom stereocenters. The quantitative estimate of drug-likeness (QED) is 0.759. The lowest BCUT2D eigenvalue weighted by atomic mass is 10.2. The molecule has 1 aromatic rings. The van der Waals surface area contributed by atoms with Crippen LogP contribution in [0.4, 0.5) is 0 Å². The van der Waals surface area contributed by atoms with Crippen LogP contribution < -0.4 is 5.14 Å². The van der Waals surface area contributed by atoms with E-state index in [0.29, 0.717) is 13.1 Å². The predicted molar refractivity (Wildman–Crippen MR) is 57.6 cm³/mol. The highest BCUT2D eigenvalue weighted by Gasteiger charge is 2.34. The number of primary sulfonamides is 1. The van der Waals surface area contributed by atoms with E-state index in [2.05, 4.69) is 4.90 Å². The first-order valence-corrected chi connectivity index (χ1v) is 6.42. The highest BCUT2D eigenvalue weighted by Crippen LogP contribution is 2.17. The number of aromatic nitrogens is 1. The van der Waals surface area contributed by atoms with Crippen LogP contribution >= 0.6 is 0 Å². The summed E-state index contributed by atoms with van der Waals surface area (Å²) in [5.41, 5.74) is 1.18. The van der Waals surface area contributed by atoms with Crippen molar-refractivity contribution < 1.29 is 8.42 Å². The lowest BCUT2D eigenvalue weighted by molar-refractivity contribution is 0.172. The molecule has 1 aliphatic heterocycles. The zero-order chi connectivity index (χ0) is 11.1. The first kappa shape index (κ1) is 10.7. The van der Waals surface area contributed by atoms with E-state index in [4.69, 9.17) is 5.14 Å². The minimum Gasteiger partial charge on any atom is -0.353 e. The van der Waals surface area contributed by atoms with Crippen molar-refractivity contribution in [1.29, 1.82) is 0 Å². The van der Waals surface area contributed by atoms with Crippen molar-refractivity contribution in [3.63, 3.8) is 0 Å². The monoisotopic (exact) mass is 229 g/mol. The summed E-state index contributed by atoms with van der Waals surface area (Å²) < 4.78 is 24.0. The Bertz CT molecular complexity index is 446. The summed E-state index contributed by atoms with van der Waals surface area (Å²) in [7, 11) is -1.36. The Morgan fingerprint density at radius 3 is 2.67 bits per heavy atom. The van der Waals surface area contributed by atoms with Crippen LogP contribution in [0, 0.1) is 0 Å². The maximum Gasteiger partial charge on any atom is 0.214 e. The number of nitrogens with two attached hydrogens (primary N) is 1. The molecule has 1 aromatic heterocycles. The second-order valence-corrected chi connectivity index (χ2v) is 5.86. The van der Waals surface area contributed by atoms with Gasteiger partial charge < -0.3 is 4.57 Å². The number of aryl methyl sites for hydroxylation is 1. The van der Waals surface area contributed by atoms with E-state index in [1.54, 1.807) is 0 Å². The summed E-state index contributed by atoms with van der Waals surface area (Å²) in [5.74, 6) is 0. The van der Waals surface area contributed by atoms with Gasteiger partial charge in [-0.1, -0.05) is 0 Å². The van der Waals surface area contributed by atoms with Gasteiger partial charge in [0.2, 0.25) is 10.0 Å². The van der Waals surface area contributed by atoms with Gasteiger partial charge in [-0.15, -0.1) is 0 Å². The van der Waals surface area contributed by atoms with Crippen LogP contribution in [0.25, 0.3) is 0 Å². The zero-order valence-electron chi connectivity index (χ0n) is 8.63. The largest absolute Gasteiger partial charge is 0.353 e. The van der Waals surface area contributed by atoms with E-state index >= 15 is 0 Å². The molecule has 0 bridgehead atoms. The Balaban J connectivity index is 1.89. The van der Waals surface area contributed by atoms with Gasteiger partial charge in [-0.2, -0.15) is 0 Å². The van der Waals surface area contributed by atoms with E-state index in [-0.39, 0.29) is 5.25 Å². The molecule has 1 aliphatic rings. The summed E-state index contributed by atoms with van der Waals surface area (Å²) in [5, 5.41) is 4.67. The van der Waals surface area contributed by atoms with E-state index < -0.39 is 10.0 Å². The van der Waals surface area contributed by atoms with Gasteiger partial charge in [-0.05, 0) is 12.1 Å². The van der Waals surface area contributed by atoms with Crippen LogP contribution in [0.5, 0.6) is 0 Å². The first-order chi connectivity index (χ1) is 6.97. The van der Waals surface area contributed by atoms with Crippen molar-refractivity contribution in [1.82, 2.24) is 9.47 Å². The maximum absolute atomic E-state index is 11.0. The summed E-state index contributed by atoms with van der Waals surface area (Å²) in [6, 6.07) is 4.01. The van der Waals surface area contributed by atoms with Crippen molar-refractivity contribution in [2.75, 3.05) is 13.1 Å². The van der Waals surface area contributed by atoms with Crippen LogP contribution in [-0.2, 0) is 23.6 Å². The summed E-state index contributed by atoms with van der Waals surface area (Å²) in [6.07, 6.45) is 1.98. The van der Waals surface area contributed by atoms with Gasteiger partial charge in [-0.3, -0.25) is 4.90 Å². The predicted octanol–water partition coefficient (Wildman–Crippen LogP) is -0.502. The smallest absolute Gasteiger partial charge is 0.214 e. The standard InChI is InChI=1S/C9H15N3O2S/c1-11-4-2-3-8(11)5-12-6-9(7-12)15(10,13)14/h2-4,9H,5-7H2,1H3,(H2,10,13,14). The summed E-state index contributed by atoms with van der Waals surface area (Å²) in [4.78, 5) is 2.07. The fraction of sp³-hybridized carbons (Fsp3) is 0.556. The van der Waals surface area contributed by atoms with E-state index in [0.717, 1.165) is 6.54 Å². The molecule has 2 rings (SSSR count). The van der Waals surface area contributed by atoms with Gasteiger partial charge in [0.05, 0.1) is 0 Å². The van der Waals surface area contributed by atoms with Crippen molar-refractivity contribution in [2.45, 2.75) is 11.8 Å². The van der Waals surface area contributed by atoms with Gasteiger partial charge in [0.25, 0.3) is 0 Å². The Morgan fingerprint density at radius 1 is 1.53 bits per heavy atom. The molecule has 0 radical (unpaired) electrons. The number of hydrogen-bond donors (Lipinski definition) is 1. The lowest BCUT2D eigenvalue weighted by Crippen LogP contribution is -2.55. The molecular formula is C9H15N3O2S. The SMILES string of the molecule is Cn1cccc1CN1CC(S(N)(=O)=O)C1. The van der Waals surface area contributed by atoms with Crippen LogP contribution in [-0.4, -0.2) is 36.2 Å². The molecule has 0 aromatic carbocycles. The third-order valence-electron chi connectivity index (χ3n) is 2.83. The molecule has 0 saturated carbocycles. The summed E-state index contributed by atoms with van der Waals surface area (Å²) in [6.45, 7) is 1.88.